The molecule has 0 spiro atoms. The van der Waals surface area contributed by atoms with E-state index >= 15 is 0 Å². The average Bonchev–Trinajstić information content (AvgIpc) is 3.17. The van der Waals surface area contributed by atoms with E-state index in [2.05, 4.69) is 31.3 Å². The van der Waals surface area contributed by atoms with E-state index in [1.807, 2.05) is 0 Å². The van der Waals surface area contributed by atoms with Crippen molar-refractivity contribution < 1.29 is 50.0 Å². The number of carbonyl (C=O) groups excluding carboxylic acids is 1. The Labute approximate surface area is 328 Å². The molecule has 0 saturated carbocycles. The van der Waals surface area contributed by atoms with Crippen LogP contribution in [0.2, 0.25) is 0 Å². The zero-order valence-electron chi connectivity index (χ0n) is 34.2. The number of nitrogens with one attached hydrogen (secondary N) is 1. The highest BCUT2D eigenvalue weighted by Crippen LogP contribution is 2.23. The molecule has 11 heteroatoms. The molecule has 1 fully saturated rings. The van der Waals surface area contributed by atoms with Gasteiger partial charge in [-0.3, -0.25) is 4.79 Å². The molecule has 0 aliphatic carbocycles. The van der Waals surface area contributed by atoms with E-state index in [4.69, 9.17) is 9.47 Å². The number of rotatable bonds is 36. The molecule has 1 rings (SSSR count). The molecule has 1 aliphatic rings. The highest BCUT2D eigenvalue weighted by Gasteiger charge is 2.44. The van der Waals surface area contributed by atoms with Crippen LogP contribution in [0.15, 0.2) is 12.2 Å². The van der Waals surface area contributed by atoms with Crippen LogP contribution < -0.4 is 5.32 Å². The standard InChI is InChI=1S/C43H83NO10/c1-3-5-7-9-11-13-15-16-17-18-19-20-21-23-25-27-29-31-36(47)42(52)44-34(33-53-43-41(51)40(50)39(49)37(32-45)54-43)38(48)35(46)30-28-26-24-22-14-12-10-8-6-4-2/h19-20,34-41,43,45-51H,3-18,21-33H2,1-2H3,(H,44,52)/b20-19-. The molecule has 54 heavy (non-hydrogen) atoms. The number of aliphatic hydroxyl groups is 7. The van der Waals surface area contributed by atoms with Gasteiger partial charge in [0.2, 0.25) is 5.91 Å². The predicted octanol–water partition coefficient (Wildman–Crippen LogP) is 6.50. The van der Waals surface area contributed by atoms with Crippen molar-refractivity contribution in [3.63, 3.8) is 0 Å². The molecule has 1 aliphatic heterocycles. The normalized spacial score (nSPS) is 22.7. The molecule has 8 N–H and O–H groups in total. The number of amides is 1. The van der Waals surface area contributed by atoms with Gasteiger partial charge in [0.05, 0.1) is 25.4 Å². The summed E-state index contributed by atoms with van der Waals surface area (Å²) in [6.45, 7) is 3.40. The molecule has 0 bridgehead atoms. The highest BCUT2D eigenvalue weighted by molar-refractivity contribution is 5.80. The van der Waals surface area contributed by atoms with E-state index in [-0.39, 0.29) is 6.42 Å². The number of hydrogen-bond donors (Lipinski definition) is 8. The molecule has 9 unspecified atom stereocenters. The molecular weight excluding hydrogens is 690 g/mol. The summed E-state index contributed by atoms with van der Waals surface area (Å²) >= 11 is 0. The molecule has 0 aromatic rings. The van der Waals surface area contributed by atoms with Gasteiger partial charge in [0, 0.05) is 0 Å². The zero-order valence-corrected chi connectivity index (χ0v) is 34.2. The summed E-state index contributed by atoms with van der Waals surface area (Å²) in [5, 5.41) is 75.4. The summed E-state index contributed by atoms with van der Waals surface area (Å²) < 4.78 is 11.0. The summed E-state index contributed by atoms with van der Waals surface area (Å²) in [7, 11) is 0. The van der Waals surface area contributed by atoms with Crippen molar-refractivity contribution in [2.24, 2.45) is 0 Å². The number of aliphatic hydroxyl groups excluding tert-OH is 7. The number of carbonyl (C=O) groups is 1. The van der Waals surface area contributed by atoms with Crippen molar-refractivity contribution in [1.29, 1.82) is 0 Å². The number of ether oxygens (including phenoxy) is 2. The van der Waals surface area contributed by atoms with Crippen molar-refractivity contribution in [3.8, 4) is 0 Å². The van der Waals surface area contributed by atoms with Gasteiger partial charge in [0.1, 0.15) is 36.6 Å². The first-order valence-electron chi connectivity index (χ1n) is 22.1. The first-order chi connectivity index (χ1) is 26.2. The van der Waals surface area contributed by atoms with Crippen molar-refractivity contribution in [1.82, 2.24) is 5.32 Å². The Balaban J connectivity index is 2.47. The lowest BCUT2D eigenvalue weighted by molar-refractivity contribution is -0.303. The number of hydrogen-bond acceptors (Lipinski definition) is 10. The van der Waals surface area contributed by atoms with Crippen molar-refractivity contribution in [3.05, 3.63) is 12.2 Å². The van der Waals surface area contributed by atoms with Crippen molar-refractivity contribution >= 4 is 5.91 Å². The maximum Gasteiger partial charge on any atom is 0.249 e. The Morgan fingerprint density at radius 2 is 1.07 bits per heavy atom. The van der Waals surface area contributed by atoms with E-state index in [0.29, 0.717) is 19.3 Å². The molecule has 1 saturated heterocycles. The summed E-state index contributed by atoms with van der Waals surface area (Å²) in [5.41, 5.74) is 0. The van der Waals surface area contributed by atoms with Gasteiger partial charge in [-0.2, -0.15) is 0 Å². The van der Waals surface area contributed by atoms with Gasteiger partial charge < -0.3 is 50.5 Å². The second-order valence-electron chi connectivity index (χ2n) is 15.8. The Morgan fingerprint density at radius 1 is 0.630 bits per heavy atom. The fourth-order valence-corrected chi connectivity index (χ4v) is 7.08. The van der Waals surface area contributed by atoms with Crippen LogP contribution in [0, 0.1) is 0 Å². The largest absolute Gasteiger partial charge is 0.394 e. The third-order valence-electron chi connectivity index (χ3n) is 10.8. The lowest BCUT2D eigenvalue weighted by Gasteiger charge is -2.40. The topological polar surface area (TPSA) is 189 Å². The predicted molar refractivity (Wildman–Crippen MR) is 215 cm³/mol. The number of unbranched alkanes of at least 4 members (excludes halogenated alkanes) is 22. The van der Waals surface area contributed by atoms with Crippen molar-refractivity contribution in [2.75, 3.05) is 13.2 Å². The Hall–Kier alpha value is -1.15. The van der Waals surface area contributed by atoms with E-state index in [1.165, 1.54) is 96.3 Å². The molecular formula is C43H83NO10. The van der Waals surface area contributed by atoms with Gasteiger partial charge in [-0.1, -0.05) is 161 Å². The van der Waals surface area contributed by atoms with Gasteiger partial charge in [-0.25, -0.2) is 0 Å². The highest BCUT2D eigenvalue weighted by atomic mass is 16.7. The molecule has 11 nitrogen and oxygen atoms in total. The van der Waals surface area contributed by atoms with E-state index in [0.717, 1.165) is 51.4 Å². The molecule has 1 amide bonds. The Morgan fingerprint density at radius 3 is 1.56 bits per heavy atom. The number of allylic oxidation sites excluding steroid dienone is 2. The average molecular weight is 774 g/mol. The minimum atomic E-state index is -1.66. The van der Waals surface area contributed by atoms with E-state index < -0.39 is 74.2 Å². The molecule has 320 valence electrons. The van der Waals surface area contributed by atoms with Crippen LogP contribution in [-0.2, 0) is 14.3 Å². The van der Waals surface area contributed by atoms with Crippen LogP contribution in [0.25, 0.3) is 0 Å². The van der Waals surface area contributed by atoms with E-state index in [9.17, 15) is 40.5 Å². The quantitative estimate of drug-likeness (QED) is 0.0258. The van der Waals surface area contributed by atoms with E-state index in [1.54, 1.807) is 0 Å². The van der Waals surface area contributed by atoms with Gasteiger partial charge in [-0.15, -0.1) is 0 Å². The lowest BCUT2D eigenvalue weighted by atomic mass is 9.98. The molecule has 0 aromatic heterocycles. The minimum absolute atomic E-state index is 0.248. The fourth-order valence-electron chi connectivity index (χ4n) is 7.08. The molecule has 0 aromatic carbocycles. The molecule has 0 radical (unpaired) electrons. The van der Waals surface area contributed by atoms with Crippen molar-refractivity contribution in [2.45, 2.75) is 242 Å². The van der Waals surface area contributed by atoms with Crippen LogP contribution >= 0.6 is 0 Å². The third kappa shape index (κ3) is 23.8. The summed E-state index contributed by atoms with van der Waals surface area (Å²) in [4.78, 5) is 13.0. The first kappa shape index (κ1) is 50.9. The second kappa shape index (κ2) is 33.9. The zero-order chi connectivity index (χ0) is 39.8. The fraction of sp³-hybridized carbons (Fsp3) is 0.930. The minimum Gasteiger partial charge on any atom is -0.394 e. The Bertz CT molecular complexity index is 892. The van der Waals surface area contributed by atoms with Gasteiger partial charge in [0.25, 0.3) is 0 Å². The smallest absolute Gasteiger partial charge is 0.249 e. The van der Waals surface area contributed by atoms with Gasteiger partial charge in [0.15, 0.2) is 6.29 Å². The third-order valence-corrected chi connectivity index (χ3v) is 10.8. The summed E-state index contributed by atoms with van der Waals surface area (Å²) in [5.74, 6) is -0.706. The SMILES string of the molecule is CCCCCCCCCCC/C=C\CCCCCCC(O)C(=O)NC(COC1OC(CO)C(O)C(O)C1O)C(O)C(O)CCCCCCCCCCCC. The van der Waals surface area contributed by atoms with Crippen LogP contribution in [0.1, 0.15) is 187 Å². The first-order valence-corrected chi connectivity index (χ1v) is 22.1. The summed E-state index contributed by atoms with van der Waals surface area (Å²) in [6.07, 6.45) is 22.7. The lowest BCUT2D eigenvalue weighted by Crippen LogP contribution is -2.60. The maximum absolute atomic E-state index is 13.0. The summed E-state index contributed by atoms with van der Waals surface area (Å²) in [6, 6.07) is -1.17. The second-order valence-corrected chi connectivity index (χ2v) is 15.8. The van der Waals surface area contributed by atoms with Crippen LogP contribution in [0.3, 0.4) is 0 Å². The van der Waals surface area contributed by atoms with Crippen LogP contribution in [0.4, 0.5) is 0 Å². The molecule has 9 atom stereocenters. The monoisotopic (exact) mass is 774 g/mol. The van der Waals surface area contributed by atoms with Gasteiger partial charge in [-0.05, 0) is 38.5 Å². The maximum atomic E-state index is 13.0. The van der Waals surface area contributed by atoms with Gasteiger partial charge >= 0.3 is 0 Å². The molecule has 1 heterocycles. The Kier molecular flexibility index (Phi) is 32.0. The van der Waals surface area contributed by atoms with Crippen LogP contribution in [-0.4, -0.2) is 110 Å². The van der Waals surface area contributed by atoms with Crippen LogP contribution in [0.5, 0.6) is 0 Å².